The second-order valence-corrected chi connectivity index (χ2v) is 6.15. The molecule has 0 saturated heterocycles. The van der Waals surface area contributed by atoms with Gasteiger partial charge in [-0.25, -0.2) is 0 Å². The van der Waals surface area contributed by atoms with Crippen LogP contribution in [0.1, 0.15) is 25.8 Å². The lowest BCUT2D eigenvalue weighted by atomic mass is 10.2. The summed E-state index contributed by atoms with van der Waals surface area (Å²) in [6.07, 6.45) is 0.842. The van der Waals surface area contributed by atoms with Crippen molar-refractivity contribution in [1.82, 2.24) is 4.90 Å². The van der Waals surface area contributed by atoms with E-state index in [-0.39, 0.29) is 25.0 Å². The predicted molar refractivity (Wildman–Crippen MR) is 103 cm³/mol. The van der Waals surface area contributed by atoms with Crippen molar-refractivity contribution in [2.45, 2.75) is 32.9 Å². The van der Waals surface area contributed by atoms with Crippen LogP contribution in [0, 0.1) is 0 Å². The van der Waals surface area contributed by atoms with Gasteiger partial charge in [0.1, 0.15) is 6.61 Å². The molecule has 0 radical (unpaired) electrons. The third-order valence-electron chi connectivity index (χ3n) is 4.05. The van der Waals surface area contributed by atoms with Crippen LogP contribution in [-0.2, 0) is 20.9 Å². The monoisotopic (exact) mass is 354 g/mol. The fourth-order valence-corrected chi connectivity index (χ4v) is 2.58. The van der Waals surface area contributed by atoms with Gasteiger partial charge in [-0.2, -0.15) is 0 Å². The van der Waals surface area contributed by atoms with E-state index >= 15 is 0 Å². The third kappa shape index (κ3) is 6.33. The number of hydrogen-bond acceptors (Lipinski definition) is 4. The minimum atomic E-state index is -0.431. The van der Waals surface area contributed by atoms with Gasteiger partial charge in [-0.1, -0.05) is 55.5 Å². The molecular formula is C21H26N2O3. The zero-order chi connectivity index (χ0) is 18.8. The lowest BCUT2D eigenvalue weighted by molar-refractivity contribution is -0.147. The Morgan fingerprint density at radius 2 is 1.65 bits per heavy atom. The maximum Gasteiger partial charge on any atom is 0.320 e. The molecule has 1 unspecified atom stereocenters. The van der Waals surface area contributed by atoms with Gasteiger partial charge in [0.15, 0.2) is 0 Å². The molecule has 0 aliphatic heterocycles. The SMILES string of the molecule is CCCN(CC(=O)OCc1ccccc1)C(C)C(=O)Nc1ccccc1. The Morgan fingerprint density at radius 3 is 2.27 bits per heavy atom. The first-order valence-electron chi connectivity index (χ1n) is 8.89. The molecule has 2 aromatic carbocycles. The van der Waals surface area contributed by atoms with Gasteiger partial charge >= 0.3 is 5.97 Å². The Hall–Kier alpha value is -2.66. The summed E-state index contributed by atoms with van der Waals surface area (Å²) in [6.45, 7) is 4.79. The van der Waals surface area contributed by atoms with Crippen molar-refractivity contribution in [2.24, 2.45) is 0 Å². The highest BCUT2D eigenvalue weighted by Crippen LogP contribution is 2.09. The predicted octanol–water partition coefficient (Wildman–Crippen LogP) is 3.47. The number of nitrogens with zero attached hydrogens (tertiary/aromatic N) is 1. The molecule has 0 aromatic heterocycles. The number of carbonyl (C=O) groups is 2. The van der Waals surface area contributed by atoms with Crippen LogP contribution in [0.5, 0.6) is 0 Å². The number of carbonyl (C=O) groups excluding carboxylic acids is 2. The van der Waals surface area contributed by atoms with Crippen LogP contribution in [0.3, 0.4) is 0 Å². The molecule has 0 fully saturated rings. The highest BCUT2D eigenvalue weighted by atomic mass is 16.5. The maximum absolute atomic E-state index is 12.5. The summed E-state index contributed by atoms with van der Waals surface area (Å²) in [7, 11) is 0. The molecule has 0 spiro atoms. The van der Waals surface area contributed by atoms with Gasteiger partial charge in [-0.3, -0.25) is 14.5 Å². The largest absolute Gasteiger partial charge is 0.460 e. The molecule has 138 valence electrons. The molecule has 2 rings (SSSR count). The number of hydrogen-bond donors (Lipinski definition) is 1. The Morgan fingerprint density at radius 1 is 1.04 bits per heavy atom. The van der Waals surface area contributed by atoms with E-state index in [0.717, 1.165) is 17.7 Å². The van der Waals surface area contributed by atoms with E-state index in [1.807, 2.05) is 72.5 Å². The van der Waals surface area contributed by atoms with Gasteiger partial charge in [-0.15, -0.1) is 0 Å². The van der Waals surface area contributed by atoms with Crippen LogP contribution in [-0.4, -0.2) is 35.9 Å². The van der Waals surface area contributed by atoms with Crippen molar-refractivity contribution in [1.29, 1.82) is 0 Å². The van der Waals surface area contributed by atoms with Crippen LogP contribution in [0.4, 0.5) is 5.69 Å². The smallest absolute Gasteiger partial charge is 0.320 e. The number of benzene rings is 2. The zero-order valence-electron chi connectivity index (χ0n) is 15.4. The van der Waals surface area contributed by atoms with Gasteiger partial charge in [0, 0.05) is 5.69 Å². The number of rotatable bonds is 9. The van der Waals surface area contributed by atoms with Gasteiger partial charge in [-0.05, 0) is 37.6 Å². The molecule has 2 aromatic rings. The number of nitrogens with one attached hydrogen (secondary N) is 1. The number of para-hydroxylation sites is 1. The van der Waals surface area contributed by atoms with Crippen LogP contribution < -0.4 is 5.32 Å². The molecule has 0 heterocycles. The summed E-state index contributed by atoms with van der Waals surface area (Å²) in [5.41, 5.74) is 1.69. The lowest BCUT2D eigenvalue weighted by Gasteiger charge is -2.27. The number of anilines is 1. The normalized spacial score (nSPS) is 11.8. The van der Waals surface area contributed by atoms with Crippen molar-refractivity contribution < 1.29 is 14.3 Å². The summed E-state index contributed by atoms with van der Waals surface area (Å²) in [4.78, 5) is 26.5. The van der Waals surface area contributed by atoms with Crippen LogP contribution in [0.15, 0.2) is 60.7 Å². The Bertz CT molecular complexity index is 689. The topological polar surface area (TPSA) is 58.6 Å². The van der Waals surface area contributed by atoms with E-state index in [4.69, 9.17) is 4.74 Å². The van der Waals surface area contributed by atoms with E-state index < -0.39 is 6.04 Å². The molecule has 0 aliphatic carbocycles. The van der Waals surface area contributed by atoms with E-state index in [2.05, 4.69) is 5.32 Å². The highest BCUT2D eigenvalue weighted by molar-refractivity contribution is 5.94. The second kappa shape index (κ2) is 10.4. The fraction of sp³-hybridized carbons (Fsp3) is 0.333. The molecule has 5 nitrogen and oxygen atoms in total. The molecule has 0 saturated carbocycles. The molecule has 1 amide bonds. The van der Waals surface area contributed by atoms with Crippen molar-refractivity contribution >= 4 is 17.6 Å². The van der Waals surface area contributed by atoms with E-state index in [1.165, 1.54) is 0 Å². The van der Waals surface area contributed by atoms with Crippen molar-refractivity contribution in [3.05, 3.63) is 66.2 Å². The summed E-state index contributed by atoms with van der Waals surface area (Å²) < 4.78 is 5.34. The standard InChI is InChI=1S/C21H26N2O3/c1-3-14-23(15-20(24)26-16-18-10-6-4-7-11-18)17(2)21(25)22-19-12-8-5-9-13-19/h4-13,17H,3,14-16H2,1-2H3,(H,22,25). The van der Waals surface area contributed by atoms with E-state index in [1.54, 1.807) is 6.92 Å². The number of amides is 1. The summed E-state index contributed by atoms with van der Waals surface area (Å²) in [6, 6.07) is 18.4. The van der Waals surface area contributed by atoms with Gasteiger partial charge < -0.3 is 10.1 Å². The van der Waals surface area contributed by atoms with Crippen LogP contribution in [0.25, 0.3) is 0 Å². The molecule has 26 heavy (non-hydrogen) atoms. The average molecular weight is 354 g/mol. The Balaban J connectivity index is 1.89. The number of ether oxygens (including phenoxy) is 1. The van der Waals surface area contributed by atoms with Crippen LogP contribution >= 0.6 is 0 Å². The zero-order valence-corrected chi connectivity index (χ0v) is 15.4. The molecule has 0 aliphatic rings. The van der Waals surface area contributed by atoms with Crippen molar-refractivity contribution in [3.63, 3.8) is 0 Å². The lowest BCUT2D eigenvalue weighted by Crippen LogP contribution is -2.45. The third-order valence-corrected chi connectivity index (χ3v) is 4.05. The first-order chi connectivity index (χ1) is 12.6. The van der Waals surface area contributed by atoms with Crippen molar-refractivity contribution in [2.75, 3.05) is 18.4 Å². The number of esters is 1. The molecule has 1 N–H and O–H groups in total. The van der Waals surface area contributed by atoms with Gasteiger partial charge in [0.25, 0.3) is 0 Å². The fourth-order valence-electron chi connectivity index (χ4n) is 2.58. The summed E-state index contributed by atoms with van der Waals surface area (Å²) in [5.74, 6) is -0.470. The average Bonchev–Trinajstić information content (AvgIpc) is 2.67. The summed E-state index contributed by atoms with van der Waals surface area (Å²) >= 11 is 0. The molecule has 0 bridgehead atoms. The minimum Gasteiger partial charge on any atom is -0.460 e. The highest BCUT2D eigenvalue weighted by Gasteiger charge is 2.23. The first-order valence-corrected chi connectivity index (χ1v) is 8.89. The molecule has 5 heteroatoms. The van der Waals surface area contributed by atoms with Crippen LogP contribution in [0.2, 0.25) is 0 Å². The molecule has 1 atom stereocenters. The molecular weight excluding hydrogens is 328 g/mol. The van der Waals surface area contributed by atoms with Gasteiger partial charge in [0.2, 0.25) is 5.91 Å². The second-order valence-electron chi connectivity index (χ2n) is 6.15. The Labute approximate surface area is 155 Å². The van der Waals surface area contributed by atoms with E-state index in [0.29, 0.717) is 6.54 Å². The summed E-state index contributed by atoms with van der Waals surface area (Å²) in [5, 5.41) is 2.88. The van der Waals surface area contributed by atoms with Gasteiger partial charge in [0.05, 0.1) is 12.6 Å². The first kappa shape index (κ1) is 19.7. The maximum atomic E-state index is 12.5. The van der Waals surface area contributed by atoms with Crippen molar-refractivity contribution in [3.8, 4) is 0 Å². The Kier molecular flexibility index (Phi) is 7.83. The van der Waals surface area contributed by atoms with E-state index in [9.17, 15) is 9.59 Å². The quantitative estimate of drug-likeness (QED) is 0.701. The minimum absolute atomic E-state index is 0.0874.